The molecule has 2 nitrogen and oxygen atoms in total. The summed E-state index contributed by atoms with van der Waals surface area (Å²) in [5.74, 6) is 0.0681. The number of carbonyl (C=O) groups excluding carboxylic acids is 1. The van der Waals surface area contributed by atoms with E-state index in [0.717, 1.165) is 15.7 Å². The highest BCUT2D eigenvalue weighted by atomic mass is 127. The molecule has 88 valence electrons. The molecule has 1 rings (SSSR count). The summed E-state index contributed by atoms with van der Waals surface area (Å²) in [7, 11) is 0. The summed E-state index contributed by atoms with van der Waals surface area (Å²) < 4.78 is 0.897. The van der Waals surface area contributed by atoms with E-state index >= 15 is 0 Å². The number of rotatable bonds is 3. The molecule has 4 heteroatoms. The highest BCUT2D eigenvalue weighted by molar-refractivity contribution is 14.1. The number of nitrogens with zero attached hydrogens (tertiary/aromatic N) is 1. The Kier molecular flexibility index (Phi) is 5.05. The Hall–Kier alpha value is -0.290. The Bertz CT molecular complexity index is 393. The van der Waals surface area contributed by atoms with Crippen molar-refractivity contribution in [3.63, 3.8) is 0 Å². The van der Waals surface area contributed by atoms with Crippen molar-refractivity contribution in [2.24, 2.45) is 0 Å². The highest BCUT2D eigenvalue weighted by Crippen LogP contribution is 2.20. The quantitative estimate of drug-likeness (QED) is 0.758. The van der Waals surface area contributed by atoms with Gasteiger partial charge in [-0.3, -0.25) is 4.79 Å². The first-order valence-electron chi connectivity index (χ1n) is 5.23. The third kappa shape index (κ3) is 3.10. The second-order valence-corrected chi connectivity index (χ2v) is 5.41. The minimum absolute atomic E-state index is 0.0681. The molecule has 1 aromatic rings. The van der Waals surface area contributed by atoms with Crippen LogP contribution in [0.5, 0.6) is 0 Å². The third-order valence-electron chi connectivity index (χ3n) is 2.39. The fraction of sp³-hybridized carbons (Fsp3) is 0.417. The molecule has 0 radical (unpaired) electrons. The number of hydrogen-bond acceptors (Lipinski definition) is 1. The smallest absolute Gasteiger partial charge is 0.255 e. The Morgan fingerprint density at radius 2 is 2.12 bits per heavy atom. The summed E-state index contributed by atoms with van der Waals surface area (Å²) in [4.78, 5) is 14.1. The lowest BCUT2D eigenvalue weighted by atomic mass is 10.1. The topological polar surface area (TPSA) is 20.3 Å². The first kappa shape index (κ1) is 13.8. The van der Waals surface area contributed by atoms with Crippen LogP contribution in [0.3, 0.4) is 0 Å². The molecule has 0 fully saturated rings. The average Bonchev–Trinajstić information content (AvgIpc) is 2.17. The van der Waals surface area contributed by atoms with Crippen LogP contribution in [-0.4, -0.2) is 23.4 Å². The van der Waals surface area contributed by atoms with Crippen LogP contribution in [-0.2, 0) is 0 Å². The molecular formula is C12H15ClINO. The van der Waals surface area contributed by atoms with Gasteiger partial charge in [-0.15, -0.1) is 0 Å². The summed E-state index contributed by atoms with van der Waals surface area (Å²) in [6, 6.07) is 5.57. The van der Waals surface area contributed by atoms with E-state index in [1.807, 2.05) is 31.7 Å². The van der Waals surface area contributed by atoms with Crippen molar-refractivity contribution in [1.82, 2.24) is 4.90 Å². The van der Waals surface area contributed by atoms with E-state index in [2.05, 4.69) is 22.6 Å². The van der Waals surface area contributed by atoms with Crippen molar-refractivity contribution >= 4 is 40.1 Å². The predicted octanol–water partition coefficient (Wildman–Crippen LogP) is 3.82. The second-order valence-electron chi connectivity index (χ2n) is 3.81. The first-order chi connectivity index (χ1) is 7.47. The summed E-state index contributed by atoms with van der Waals surface area (Å²) in [5.41, 5.74) is 0.723. The van der Waals surface area contributed by atoms with Crippen LogP contribution in [0.25, 0.3) is 0 Å². The number of amides is 1. The van der Waals surface area contributed by atoms with Gasteiger partial charge < -0.3 is 4.90 Å². The molecule has 0 N–H and O–H groups in total. The zero-order valence-electron chi connectivity index (χ0n) is 9.63. The first-order valence-corrected chi connectivity index (χ1v) is 6.69. The van der Waals surface area contributed by atoms with Gasteiger partial charge in [0.25, 0.3) is 5.91 Å². The number of carbonyl (C=O) groups is 1. The molecule has 16 heavy (non-hydrogen) atoms. The van der Waals surface area contributed by atoms with Gasteiger partial charge in [0.1, 0.15) is 0 Å². The Morgan fingerprint density at radius 1 is 1.50 bits per heavy atom. The van der Waals surface area contributed by atoms with Gasteiger partial charge in [0.2, 0.25) is 0 Å². The van der Waals surface area contributed by atoms with E-state index < -0.39 is 0 Å². The van der Waals surface area contributed by atoms with Crippen LogP contribution in [0, 0.1) is 3.57 Å². The van der Waals surface area contributed by atoms with Crippen LogP contribution in [0.1, 0.15) is 31.1 Å². The molecule has 0 atom stereocenters. The fourth-order valence-electron chi connectivity index (χ4n) is 1.56. The third-order valence-corrected chi connectivity index (χ3v) is 3.51. The van der Waals surface area contributed by atoms with Crippen molar-refractivity contribution in [3.05, 3.63) is 32.4 Å². The van der Waals surface area contributed by atoms with Crippen molar-refractivity contribution in [2.45, 2.75) is 26.8 Å². The van der Waals surface area contributed by atoms with Gasteiger partial charge >= 0.3 is 0 Å². The van der Waals surface area contributed by atoms with Crippen LogP contribution >= 0.6 is 34.2 Å². The Labute approximate surface area is 115 Å². The highest BCUT2D eigenvalue weighted by Gasteiger charge is 2.19. The summed E-state index contributed by atoms with van der Waals surface area (Å²) in [5, 5.41) is 0.661. The van der Waals surface area contributed by atoms with E-state index in [-0.39, 0.29) is 11.9 Å². The van der Waals surface area contributed by atoms with Crippen LogP contribution in [0.2, 0.25) is 5.02 Å². The monoisotopic (exact) mass is 351 g/mol. The second kappa shape index (κ2) is 5.87. The van der Waals surface area contributed by atoms with E-state index in [9.17, 15) is 4.79 Å². The zero-order valence-corrected chi connectivity index (χ0v) is 12.5. The van der Waals surface area contributed by atoms with Crippen molar-refractivity contribution in [1.29, 1.82) is 0 Å². The number of hydrogen-bond donors (Lipinski definition) is 0. The Balaban J connectivity index is 3.04. The number of benzene rings is 1. The molecule has 1 amide bonds. The van der Waals surface area contributed by atoms with Gasteiger partial charge in [-0.1, -0.05) is 11.6 Å². The predicted molar refractivity (Wildman–Crippen MR) is 76.0 cm³/mol. The fourth-order valence-corrected chi connectivity index (χ4v) is 2.66. The molecule has 0 saturated carbocycles. The Morgan fingerprint density at radius 3 is 2.56 bits per heavy atom. The summed E-state index contributed by atoms with van der Waals surface area (Å²) in [6.07, 6.45) is 0. The largest absolute Gasteiger partial charge is 0.336 e. The van der Waals surface area contributed by atoms with E-state index in [0.29, 0.717) is 5.02 Å². The molecular weight excluding hydrogens is 336 g/mol. The molecule has 0 aliphatic heterocycles. The lowest BCUT2D eigenvalue weighted by molar-refractivity contribution is 0.0716. The summed E-state index contributed by atoms with van der Waals surface area (Å²) >= 11 is 8.01. The molecule has 0 aliphatic carbocycles. The van der Waals surface area contributed by atoms with Crippen LogP contribution in [0.15, 0.2) is 18.2 Å². The average molecular weight is 352 g/mol. The standard InChI is InChI=1S/C12H15ClINO/c1-4-15(8(2)3)12(16)10-6-5-9(13)7-11(10)14/h5-8H,4H2,1-3H3. The number of halogens is 2. The van der Waals surface area contributed by atoms with E-state index in [4.69, 9.17) is 11.6 Å². The molecule has 0 bridgehead atoms. The minimum Gasteiger partial charge on any atom is -0.336 e. The maximum absolute atomic E-state index is 12.2. The van der Waals surface area contributed by atoms with Gasteiger partial charge in [0, 0.05) is 21.2 Å². The van der Waals surface area contributed by atoms with E-state index in [1.165, 1.54) is 0 Å². The molecule has 1 aromatic carbocycles. The molecule has 0 heterocycles. The van der Waals surface area contributed by atoms with Gasteiger partial charge in [-0.25, -0.2) is 0 Å². The van der Waals surface area contributed by atoms with Crippen molar-refractivity contribution in [2.75, 3.05) is 6.54 Å². The van der Waals surface area contributed by atoms with E-state index in [1.54, 1.807) is 12.1 Å². The zero-order chi connectivity index (χ0) is 12.3. The summed E-state index contributed by atoms with van der Waals surface area (Å²) in [6.45, 7) is 6.74. The van der Waals surface area contributed by atoms with Crippen molar-refractivity contribution in [3.8, 4) is 0 Å². The van der Waals surface area contributed by atoms with Crippen molar-refractivity contribution < 1.29 is 4.79 Å². The lowest BCUT2D eigenvalue weighted by Gasteiger charge is -2.25. The maximum Gasteiger partial charge on any atom is 0.255 e. The van der Waals surface area contributed by atoms with Gasteiger partial charge in [0.15, 0.2) is 0 Å². The molecule has 0 spiro atoms. The van der Waals surface area contributed by atoms with Gasteiger partial charge in [-0.05, 0) is 61.6 Å². The minimum atomic E-state index is 0.0681. The van der Waals surface area contributed by atoms with Gasteiger partial charge in [-0.2, -0.15) is 0 Å². The normalized spacial score (nSPS) is 10.6. The lowest BCUT2D eigenvalue weighted by Crippen LogP contribution is -2.37. The maximum atomic E-state index is 12.2. The molecule has 0 aliphatic rings. The van der Waals surface area contributed by atoms with Gasteiger partial charge in [0.05, 0.1) is 5.56 Å². The molecule has 0 aromatic heterocycles. The molecule has 0 unspecified atom stereocenters. The SMILES string of the molecule is CCN(C(=O)c1ccc(Cl)cc1I)C(C)C. The van der Waals surface area contributed by atoms with Crippen LogP contribution in [0.4, 0.5) is 0 Å². The van der Waals surface area contributed by atoms with Crippen LogP contribution < -0.4 is 0 Å². The molecule has 0 saturated heterocycles.